The highest BCUT2D eigenvalue weighted by atomic mass is 35.5. The third kappa shape index (κ3) is 4.56. The van der Waals surface area contributed by atoms with Crippen molar-refractivity contribution in [2.75, 3.05) is 60.1 Å². The Kier molecular flexibility index (Phi) is 6.86. The molecule has 37 heavy (non-hydrogen) atoms. The number of carbonyl (C=O) groups is 1. The molecule has 0 saturated carbocycles. The molecule has 0 spiro atoms. The first-order valence-corrected chi connectivity index (χ1v) is 13.9. The summed E-state index contributed by atoms with van der Waals surface area (Å²) in [4.78, 5) is 15.9. The number of ether oxygens (including phenoxy) is 3. The molecule has 2 aromatic carbocycles. The van der Waals surface area contributed by atoms with Gasteiger partial charge >= 0.3 is 0 Å². The standard InChI is InChI=1S/C26H30ClN3O6S/c1-26(16-28-2,21-10-19(27)4-6-22(21)34-3)25(31)29-12-17-14-30(15-18(17)13-29)37(32,33)20-5-7-23-24(11-20)36-9-8-35-23/h4-7,10-11,28H,8-9,12-16H2,1-3H3. The Balaban J connectivity index is 1.32. The first-order chi connectivity index (χ1) is 17.7. The van der Waals surface area contributed by atoms with E-state index in [-0.39, 0.29) is 23.9 Å². The van der Waals surface area contributed by atoms with E-state index in [4.69, 9.17) is 25.8 Å². The number of carbonyl (C=O) groups excluding carboxylic acids is 1. The van der Waals surface area contributed by atoms with Gasteiger partial charge in [-0.1, -0.05) is 11.6 Å². The maximum Gasteiger partial charge on any atom is 0.243 e. The van der Waals surface area contributed by atoms with Crippen LogP contribution in [-0.4, -0.2) is 83.6 Å². The Hall–Kier alpha value is -2.79. The van der Waals surface area contributed by atoms with Crippen LogP contribution in [0.2, 0.25) is 5.02 Å². The van der Waals surface area contributed by atoms with Gasteiger partial charge in [0.2, 0.25) is 15.9 Å². The topological polar surface area (TPSA) is 97.4 Å². The van der Waals surface area contributed by atoms with Gasteiger partial charge in [-0.2, -0.15) is 4.31 Å². The molecule has 1 atom stereocenters. The van der Waals surface area contributed by atoms with Crippen molar-refractivity contribution < 1.29 is 27.4 Å². The number of amides is 1. The molecule has 11 heteroatoms. The molecule has 1 amide bonds. The molecule has 3 aliphatic heterocycles. The number of likely N-dealkylation sites (N-methyl/N-ethyl adjacent to an activating group) is 1. The zero-order valence-corrected chi connectivity index (χ0v) is 22.6. The molecule has 0 aliphatic carbocycles. The van der Waals surface area contributed by atoms with Gasteiger partial charge in [0.05, 0.1) is 17.4 Å². The van der Waals surface area contributed by atoms with Crippen molar-refractivity contribution >= 4 is 27.5 Å². The molecule has 0 fully saturated rings. The van der Waals surface area contributed by atoms with Crippen LogP contribution in [0.3, 0.4) is 0 Å². The largest absolute Gasteiger partial charge is 0.496 e. The van der Waals surface area contributed by atoms with E-state index in [2.05, 4.69) is 5.32 Å². The minimum Gasteiger partial charge on any atom is -0.496 e. The zero-order valence-electron chi connectivity index (χ0n) is 21.0. The summed E-state index contributed by atoms with van der Waals surface area (Å²) in [5, 5.41) is 3.65. The zero-order chi connectivity index (χ0) is 26.4. The average molecular weight is 548 g/mol. The van der Waals surface area contributed by atoms with Gasteiger partial charge in [0.1, 0.15) is 19.0 Å². The number of nitrogens with one attached hydrogen (secondary N) is 1. The molecule has 9 nitrogen and oxygen atoms in total. The van der Waals surface area contributed by atoms with Crippen molar-refractivity contribution in [3.05, 3.63) is 58.1 Å². The Bertz CT molecular complexity index is 1360. The second-order valence-corrected chi connectivity index (χ2v) is 12.0. The fraction of sp³-hybridized carbons (Fsp3) is 0.423. The van der Waals surface area contributed by atoms with Gasteiger partial charge in [-0.15, -0.1) is 0 Å². The predicted octanol–water partition coefficient (Wildman–Crippen LogP) is 2.44. The van der Waals surface area contributed by atoms with Gasteiger partial charge in [0.25, 0.3) is 0 Å². The summed E-state index contributed by atoms with van der Waals surface area (Å²) >= 11 is 6.28. The summed E-state index contributed by atoms with van der Waals surface area (Å²) in [6.45, 7) is 4.34. The number of halogens is 1. The van der Waals surface area contributed by atoms with E-state index in [1.807, 2.05) is 6.92 Å². The Morgan fingerprint density at radius 2 is 1.73 bits per heavy atom. The van der Waals surface area contributed by atoms with Crippen LogP contribution in [-0.2, 0) is 20.2 Å². The van der Waals surface area contributed by atoms with E-state index in [0.29, 0.717) is 60.7 Å². The lowest BCUT2D eigenvalue weighted by Crippen LogP contribution is -2.50. The summed E-state index contributed by atoms with van der Waals surface area (Å²) in [6, 6.07) is 9.97. The molecule has 3 heterocycles. The van der Waals surface area contributed by atoms with Crippen LogP contribution < -0.4 is 19.5 Å². The van der Waals surface area contributed by atoms with Crippen LogP contribution in [0.5, 0.6) is 17.2 Å². The minimum absolute atomic E-state index is 0.0712. The number of benzene rings is 2. The van der Waals surface area contributed by atoms with E-state index < -0.39 is 15.4 Å². The van der Waals surface area contributed by atoms with E-state index in [0.717, 1.165) is 11.1 Å². The first kappa shape index (κ1) is 25.8. The summed E-state index contributed by atoms with van der Waals surface area (Å²) in [6.07, 6.45) is 0. The number of hydrogen-bond donors (Lipinski definition) is 1. The second kappa shape index (κ2) is 9.83. The Labute approximate surface area is 222 Å². The number of sulfonamides is 1. The van der Waals surface area contributed by atoms with Crippen LogP contribution >= 0.6 is 11.6 Å². The molecule has 0 aromatic heterocycles. The lowest BCUT2D eigenvalue weighted by atomic mass is 9.80. The second-order valence-electron chi connectivity index (χ2n) is 9.65. The van der Waals surface area contributed by atoms with Crippen molar-refractivity contribution in [3.63, 3.8) is 0 Å². The van der Waals surface area contributed by atoms with Crippen molar-refractivity contribution in [2.24, 2.45) is 0 Å². The quantitative estimate of drug-likeness (QED) is 0.532. The molecule has 1 unspecified atom stereocenters. The molecule has 0 saturated heterocycles. The molecule has 0 radical (unpaired) electrons. The lowest BCUT2D eigenvalue weighted by molar-refractivity contribution is -0.135. The Morgan fingerprint density at radius 1 is 1.05 bits per heavy atom. The van der Waals surface area contributed by atoms with Crippen molar-refractivity contribution in [2.45, 2.75) is 17.2 Å². The van der Waals surface area contributed by atoms with E-state index in [1.165, 1.54) is 10.4 Å². The van der Waals surface area contributed by atoms with Gasteiger partial charge in [-0.25, -0.2) is 8.42 Å². The third-order valence-corrected chi connectivity index (χ3v) is 9.22. The maximum atomic E-state index is 13.9. The smallest absolute Gasteiger partial charge is 0.243 e. The first-order valence-electron chi connectivity index (χ1n) is 12.0. The molecular formula is C26H30ClN3O6S. The monoisotopic (exact) mass is 547 g/mol. The van der Waals surface area contributed by atoms with Crippen LogP contribution in [0.15, 0.2) is 52.4 Å². The average Bonchev–Trinajstić information content (AvgIpc) is 3.48. The molecule has 198 valence electrons. The van der Waals surface area contributed by atoms with Gasteiger partial charge < -0.3 is 24.4 Å². The van der Waals surface area contributed by atoms with Gasteiger partial charge in [0.15, 0.2) is 11.5 Å². The molecule has 2 aromatic rings. The maximum absolute atomic E-state index is 13.9. The highest BCUT2D eigenvalue weighted by Gasteiger charge is 2.44. The van der Waals surface area contributed by atoms with Crippen LogP contribution in [0, 0.1) is 0 Å². The van der Waals surface area contributed by atoms with Gasteiger partial charge in [0, 0.05) is 49.4 Å². The number of rotatable bonds is 7. The van der Waals surface area contributed by atoms with Crippen LogP contribution in [0.4, 0.5) is 0 Å². The summed E-state index contributed by atoms with van der Waals surface area (Å²) in [7, 11) is -0.368. The van der Waals surface area contributed by atoms with Gasteiger partial charge in [-0.05, 0) is 55.4 Å². The van der Waals surface area contributed by atoms with Gasteiger partial charge in [-0.3, -0.25) is 4.79 Å². The molecular weight excluding hydrogens is 518 g/mol. The summed E-state index contributed by atoms with van der Waals surface area (Å²) in [5.41, 5.74) is 1.69. The van der Waals surface area contributed by atoms with E-state index in [1.54, 1.807) is 49.4 Å². The number of nitrogens with zero attached hydrogens (tertiary/aromatic N) is 2. The van der Waals surface area contributed by atoms with Crippen LogP contribution in [0.25, 0.3) is 0 Å². The minimum atomic E-state index is -3.73. The predicted molar refractivity (Wildman–Crippen MR) is 139 cm³/mol. The number of methoxy groups -OCH3 is 1. The lowest BCUT2D eigenvalue weighted by Gasteiger charge is -2.35. The van der Waals surface area contributed by atoms with E-state index >= 15 is 0 Å². The normalized spacial score (nSPS) is 19.1. The number of hydrogen-bond acceptors (Lipinski definition) is 7. The summed E-state index contributed by atoms with van der Waals surface area (Å²) < 4.78 is 44.9. The summed E-state index contributed by atoms with van der Waals surface area (Å²) in [5.74, 6) is 1.50. The highest BCUT2D eigenvalue weighted by Crippen LogP contribution is 2.39. The number of fused-ring (bicyclic) bond motifs is 1. The van der Waals surface area contributed by atoms with E-state index in [9.17, 15) is 13.2 Å². The molecule has 0 bridgehead atoms. The molecule has 3 aliphatic rings. The highest BCUT2D eigenvalue weighted by molar-refractivity contribution is 7.89. The third-order valence-electron chi connectivity index (χ3n) is 7.19. The van der Waals surface area contributed by atoms with Crippen molar-refractivity contribution in [1.82, 2.24) is 14.5 Å². The van der Waals surface area contributed by atoms with Crippen molar-refractivity contribution in [1.29, 1.82) is 0 Å². The fourth-order valence-electron chi connectivity index (χ4n) is 5.29. The molecule has 1 N–H and O–H groups in total. The fourth-order valence-corrected chi connectivity index (χ4v) is 6.91. The SMILES string of the molecule is CNCC(C)(C(=O)N1CC2=C(C1)CN(S(=O)(=O)c1ccc3c(c1)OCCO3)C2)c1cc(Cl)ccc1OC. The van der Waals surface area contributed by atoms with Crippen LogP contribution in [0.1, 0.15) is 12.5 Å². The molecule has 5 rings (SSSR count). The van der Waals surface area contributed by atoms with Crippen molar-refractivity contribution in [3.8, 4) is 17.2 Å². The Morgan fingerprint density at radius 3 is 2.38 bits per heavy atom.